The number of phenolic OH excluding ortho intramolecular Hbond substituents is 2. The second kappa shape index (κ2) is 31.1. The van der Waals surface area contributed by atoms with Crippen LogP contribution in [0.4, 0.5) is 9.59 Å². The predicted octanol–water partition coefficient (Wildman–Crippen LogP) is 8.93. The molecule has 8 aliphatic heterocycles. The molecule has 0 spiro atoms. The number of piperazine rings is 2. The molecular weight excluding hydrogens is 1510 g/mol. The number of aryl methyl sites for hydroxylation is 2. The molecule has 101 heavy (non-hydrogen) atoms. The van der Waals surface area contributed by atoms with E-state index in [4.69, 9.17) is 47.4 Å². The second-order valence-corrected chi connectivity index (χ2v) is 29.0. The molecule has 0 aliphatic carbocycles. The summed E-state index contributed by atoms with van der Waals surface area (Å²) in [6.45, 7) is 25.8. The van der Waals surface area contributed by atoms with Crippen molar-refractivity contribution in [3.8, 4) is 58.1 Å². The third kappa shape index (κ3) is 14.7. The van der Waals surface area contributed by atoms with Crippen molar-refractivity contribution in [1.82, 2.24) is 40.9 Å². The fraction of sp³-hybridized carbons (Fsp3) is 0.595. The number of hydrogen-bond donors (Lipinski definition) is 6. The van der Waals surface area contributed by atoms with Crippen molar-refractivity contribution in [3.63, 3.8) is 0 Å². The number of ether oxygens (including phenoxy) is 10. The van der Waals surface area contributed by atoms with E-state index in [1.54, 1.807) is 83.5 Å². The van der Waals surface area contributed by atoms with Crippen molar-refractivity contribution in [2.24, 2.45) is 0 Å². The molecule has 2 saturated heterocycles. The average molecular weight is 1610 g/mol. The molecular formula is C74H102AcN10O16. The van der Waals surface area contributed by atoms with Crippen LogP contribution in [-0.2, 0) is 54.2 Å². The summed E-state index contributed by atoms with van der Waals surface area (Å²) in [7, 11) is 7.29. The number of nitriles is 2. The fourth-order valence-corrected chi connectivity index (χ4v) is 16.2. The smallest absolute Gasteiger partial charge is 0.408 e. The van der Waals surface area contributed by atoms with Gasteiger partial charge in [-0.25, -0.2) is 9.59 Å². The first-order valence-corrected chi connectivity index (χ1v) is 33.5. The Bertz CT molecular complexity index is 3690. The molecule has 547 valence electrons. The minimum Gasteiger partial charge on any atom is -0.507 e. The van der Waals surface area contributed by atoms with Gasteiger partial charge in [-0.15, -0.1) is 0 Å². The third-order valence-corrected chi connectivity index (χ3v) is 20.7. The van der Waals surface area contributed by atoms with Crippen LogP contribution >= 0.6 is 0 Å². The number of phenols is 2. The Kier molecular flexibility index (Phi) is 24.5. The van der Waals surface area contributed by atoms with E-state index < -0.39 is 71.5 Å². The van der Waals surface area contributed by atoms with Gasteiger partial charge in [-0.3, -0.25) is 29.2 Å². The van der Waals surface area contributed by atoms with Gasteiger partial charge in [0.25, 0.3) is 0 Å². The van der Waals surface area contributed by atoms with E-state index in [1.165, 1.54) is 0 Å². The number of methoxy groups -OCH3 is 2. The normalized spacial score (nSPS) is 23.8. The zero-order chi connectivity index (χ0) is 71.0. The molecule has 4 amide bonds. The third-order valence-electron chi connectivity index (χ3n) is 20.7. The largest absolute Gasteiger partial charge is 0.507 e. The Labute approximate surface area is 629 Å². The molecule has 0 aromatic heterocycles. The summed E-state index contributed by atoms with van der Waals surface area (Å²) < 4.78 is 57.7. The molecule has 4 aromatic rings. The summed E-state index contributed by atoms with van der Waals surface area (Å²) in [5.74, 6) is 2.86. The number of aromatic hydroxyl groups is 2. The first-order chi connectivity index (χ1) is 46.4. The maximum absolute atomic E-state index is 13.5. The Hall–Kier alpha value is -7.06. The molecule has 8 heterocycles. The van der Waals surface area contributed by atoms with E-state index in [0.29, 0.717) is 82.1 Å². The molecule has 4 bridgehead atoms. The summed E-state index contributed by atoms with van der Waals surface area (Å²) in [5.41, 5.74) is 11.1. The number of rotatable bonds is 14. The van der Waals surface area contributed by atoms with Crippen molar-refractivity contribution in [2.75, 3.05) is 68.6 Å². The van der Waals surface area contributed by atoms with E-state index in [1.807, 2.05) is 13.8 Å². The van der Waals surface area contributed by atoms with Gasteiger partial charge in [-0.1, -0.05) is 27.0 Å². The van der Waals surface area contributed by atoms with Gasteiger partial charge in [0.15, 0.2) is 36.6 Å². The number of fused-ring (bicyclic) bond motifs is 18. The number of nitrogens with one attached hydrogen (secondary N) is 4. The quantitative estimate of drug-likeness (QED) is 0.0642. The van der Waals surface area contributed by atoms with Crippen LogP contribution in [-0.4, -0.2) is 182 Å². The molecule has 27 heteroatoms. The van der Waals surface area contributed by atoms with Gasteiger partial charge in [0.1, 0.15) is 58.4 Å². The summed E-state index contributed by atoms with van der Waals surface area (Å²) >= 11 is 0. The molecule has 0 saturated carbocycles. The number of amides is 4. The maximum Gasteiger partial charge on any atom is 0.408 e. The van der Waals surface area contributed by atoms with Crippen LogP contribution in [0.1, 0.15) is 172 Å². The van der Waals surface area contributed by atoms with Crippen LogP contribution in [0.2, 0.25) is 0 Å². The molecule has 1 radical (unpaired) electrons. The zero-order valence-corrected chi connectivity index (χ0v) is 64.8. The number of alkyl carbamates (subject to hydrolysis) is 2. The van der Waals surface area contributed by atoms with Crippen LogP contribution in [0.3, 0.4) is 0 Å². The Balaban J connectivity index is 0.000000249. The Morgan fingerprint density at radius 3 is 1.24 bits per heavy atom. The van der Waals surface area contributed by atoms with Gasteiger partial charge in [-0.2, -0.15) is 10.5 Å². The predicted molar refractivity (Wildman–Crippen MR) is 371 cm³/mol. The number of likely N-dealkylation sites (N-methyl/N-ethyl adjacent to an activating group) is 2. The molecule has 8 aliphatic rings. The molecule has 6 N–H and O–H groups in total. The van der Waals surface area contributed by atoms with Crippen molar-refractivity contribution in [3.05, 3.63) is 90.0 Å². The van der Waals surface area contributed by atoms with Gasteiger partial charge >= 0.3 is 12.2 Å². The van der Waals surface area contributed by atoms with Crippen LogP contribution in [0, 0.1) is 108 Å². The van der Waals surface area contributed by atoms with Gasteiger partial charge in [-0.05, 0) is 170 Å². The van der Waals surface area contributed by atoms with E-state index in [-0.39, 0.29) is 147 Å². The van der Waals surface area contributed by atoms with Crippen molar-refractivity contribution < 1.29 is 121 Å². The zero-order valence-electron chi connectivity index (χ0n) is 60.0. The SMILES string of the molecule is C.C.COCOc1c(C)c(C)cc2c1[C@@H]1C3Cc4c(O)c(C)c5c(c4[C@H](CNC(=O)[C@H](C)NC(=O)OC(C)(C)C)N3[C@@H](C#N)[C@H](C2)N1C)OCO5.COCOc1c(C)c(C)cc2c1[C@@H]1C3Cc4c(O)c(C)c5c(c4[C@H](CNC(=O)[C@H](C)NC(=O)OC(C)(C)C)N3[C@@H](C#N)[C@H](C2)N1C)OCO5.[Ac]. The van der Waals surface area contributed by atoms with E-state index in [0.717, 1.165) is 56.0 Å². The van der Waals surface area contributed by atoms with Gasteiger partial charge < -0.3 is 78.8 Å². The first-order valence-electron chi connectivity index (χ1n) is 33.5. The average Bonchev–Trinajstić information content (AvgIpc) is 1.37. The molecule has 4 aromatic carbocycles. The van der Waals surface area contributed by atoms with Crippen molar-refractivity contribution in [2.45, 2.75) is 221 Å². The minimum atomic E-state index is -0.900. The maximum atomic E-state index is 13.5. The van der Waals surface area contributed by atoms with E-state index in [9.17, 15) is 39.9 Å². The number of nitrogens with zero attached hydrogens (tertiary/aromatic N) is 6. The monoisotopic (exact) mass is 1610 g/mol. The van der Waals surface area contributed by atoms with Gasteiger partial charge in [0.2, 0.25) is 25.4 Å². The number of carbonyl (C=O) groups is 4. The molecule has 12 atom stereocenters. The summed E-state index contributed by atoms with van der Waals surface area (Å²) in [5, 5.41) is 56.4. The standard InChI is InChI=1S/2C36H47N5O8.2CH4.Ac/c2*1-17-10-21-11-23-25(13-37)41-24(29(40(23)8)27(21)31(18(17)2)46-15-45-9)12-22-28(33-32(47-16-48-33)19(3)30(22)42)26(41)14-38-34(43)20(4)39-35(44)49-36(5,6)7;;;/h2*10,20,23-26,29,42H,11-12,14-16H2,1-9H3,(H,38,43)(H,39,44);2*1H4;/t2*20-,23-,24?,25-,26-,29-;;;/m00.../s1. The number of carbonyl (C=O) groups excluding carboxylic acids is 4. The topological polar surface area (TPSA) is 310 Å². The Morgan fingerprint density at radius 1 is 0.564 bits per heavy atom. The fourth-order valence-electron chi connectivity index (χ4n) is 16.2. The molecule has 12 rings (SSSR count). The van der Waals surface area contributed by atoms with Gasteiger partial charge in [0, 0.05) is 140 Å². The van der Waals surface area contributed by atoms with Crippen LogP contribution in [0.15, 0.2) is 12.1 Å². The second-order valence-electron chi connectivity index (χ2n) is 29.0. The molecule has 26 nitrogen and oxygen atoms in total. The number of benzene rings is 4. The van der Waals surface area contributed by atoms with Crippen molar-refractivity contribution in [1.29, 1.82) is 10.5 Å². The summed E-state index contributed by atoms with van der Waals surface area (Å²) in [6.07, 6.45) is 0.663. The van der Waals surface area contributed by atoms with Crippen LogP contribution < -0.4 is 49.7 Å². The van der Waals surface area contributed by atoms with Crippen LogP contribution in [0.25, 0.3) is 0 Å². The number of hydrogen-bond acceptors (Lipinski definition) is 22. The van der Waals surface area contributed by atoms with Crippen LogP contribution in [0.5, 0.6) is 46.0 Å². The van der Waals surface area contributed by atoms with E-state index >= 15 is 0 Å². The van der Waals surface area contributed by atoms with E-state index in [2.05, 4.69) is 93.1 Å². The summed E-state index contributed by atoms with van der Waals surface area (Å²) in [4.78, 5) is 60.8. The Morgan fingerprint density at radius 2 is 0.911 bits per heavy atom. The summed E-state index contributed by atoms with van der Waals surface area (Å²) in [6, 6.07) is 4.18. The minimum absolute atomic E-state index is 0. The molecule has 2 fully saturated rings. The van der Waals surface area contributed by atoms with Crippen molar-refractivity contribution >= 4 is 24.0 Å². The molecule has 2 unspecified atom stereocenters. The van der Waals surface area contributed by atoms with Gasteiger partial charge in [0.05, 0.1) is 36.3 Å². The first kappa shape index (κ1) is 79.6.